The Labute approximate surface area is 309 Å². The molecule has 0 unspecified atom stereocenters. The summed E-state index contributed by atoms with van der Waals surface area (Å²) >= 11 is 5.28. The van der Waals surface area contributed by atoms with Gasteiger partial charge in [-0.25, -0.2) is 4.79 Å². The van der Waals surface area contributed by atoms with Crippen molar-refractivity contribution in [3.05, 3.63) is 12.2 Å². The molecule has 0 aliphatic carbocycles. The number of likely N-dealkylation sites (tertiary alicyclic amines) is 1. The van der Waals surface area contributed by atoms with Gasteiger partial charge in [0.15, 0.2) is 0 Å². The van der Waals surface area contributed by atoms with E-state index in [1.54, 1.807) is 9.80 Å². The molecular formula is C34H52N4O13S. The molecule has 0 aromatic carbocycles. The van der Waals surface area contributed by atoms with Gasteiger partial charge >= 0.3 is 17.9 Å². The van der Waals surface area contributed by atoms with Crippen LogP contribution in [0.5, 0.6) is 0 Å². The predicted octanol–water partition coefficient (Wildman–Crippen LogP) is 0.319. The van der Waals surface area contributed by atoms with Gasteiger partial charge in [0.2, 0.25) is 11.8 Å². The first-order chi connectivity index (χ1) is 25.1. The van der Waals surface area contributed by atoms with Crippen molar-refractivity contribution >= 4 is 58.7 Å². The van der Waals surface area contributed by atoms with Crippen molar-refractivity contribution in [1.29, 1.82) is 0 Å². The number of hydrogen-bond acceptors (Lipinski definition) is 15. The van der Waals surface area contributed by atoms with E-state index in [0.717, 1.165) is 17.7 Å². The minimum atomic E-state index is -0.694. The molecule has 1 saturated heterocycles. The van der Waals surface area contributed by atoms with Crippen LogP contribution in [0.15, 0.2) is 12.2 Å². The molecule has 0 saturated carbocycles. The standard InChI is InChI=1S/C34H52N4O13S/c1-2-17-49-33(44)9-6-18-46-22-23-47-19-12-35-27(39)25-48-26-34(45)51-21-16-36(24-30(42)38-14-5-7-31(38)52)15-20-50-32(43)8-3-4-13-37-28(40)10-11-29(37)41/h10-11H,2-9,12-26H2,1H3,(H,35,39). The van der Waals surface area contributed by atoms with Gasteiger partial charge in [-0.2, -0.15) is 0 Å². The molecule has 2 aliphatic heterocycles. The van der Waals surface area contributed by atoms with Crippen molar-refractivity contribution in [2.45, 2.75) is 58.3 Å². The SMILES string of the molecule is CCCOC(=O)CCCOCCOCCNC(=O)COCC(=O)OCCN(CCOC(=O)CCCCN1C(=O)C=CC1=O)CC(=O)N1CCCC1=S. The lowest BCUT2D eigenvalue weighted by atomic mass is 10.2. The molecule has 2 heterocycles. The average molecular weight is 757 g/mol. The average Bonchev–Trinajstić information content (AvgIpc) is 3.69. The fraction of sp³-hybridized carbons (Fsp3) is 0.706. The van der Waals surface area contributed by atoms with E-state index >= 15 is 0 Å². The van der Waals surface area contributed by atoms with Crippen LogP contribution < -0.4 is 5.32 Å². The van der Waals surface area contributed by atoms with Crippen LogP contribution in [0.1, 0.15) is 58.3 Å². The van der Waals surface area contributed by atoms with E-state index in [9.17, 15) is 33.6 Å². The van der Waals surface area contributed by atoms with Gasteiger partial charge in [-0.15, -0.1) is 0 Å². The van der Waals surface area contributed by atoms with Crippen LogP contribution >= 0.6 is 12.2 Å². The summed E-state index contributed by atoms with van der Waals surface area (Å²) in [4.78, 5) is 88.8. The number of carbonyl (C=O) groups is 7. The predicted molar refractivity (Wildman–Crippen MR) is 188 cm³/mol. The second-order valence-electron chi connectivity index (χ2n) is 11.8. The van der Waals surface area contributed by atoms with Gasteiger partial charge in [0.1, 0.15) is 26.4 Å². The summed E-state index contributed by atoms with van der Waals surface area (Å²) in [6.45, 7) is 4.16. The second kappa shape index (κ2) is 26.9. The Morgan fingerprint density at radius 1 is 0.769 bits per heavy atom. The van der Waals surface area contributed by atoms with E-state index in [4.69, 9.17) is 40.6 Å². The van der Waals surface area contributed by atoms with Crippen molar-refractivity contribution in [1.82, 2.24) is 20.0 Å². The van der Waals surface area contributed by atoms with Crippen LogP contribution in [0, 0.1) is 0 Å². The van der Waals surface area contributed by atoms with Crippen LogP contribution in [0.25, 0.3) is 0 Å². The molecule has 1 fully saturated rings. The highest BCUT2D eigenvalue weighted by Crippen LogP contribution is 2.12. The van der Waals surface area contributed by atoms with Gasteiger partial charge in [0, 0.05) is 70.7 Å². The Hall–Kier alpha value is -3.84. The molecular weight excluding hydrogens is 704 g/mol. The lowest BCUT2D eigenvalue weighted by molar-refractivity contribution is -0.150. The first-order valence-corrected chi connectivity index (χ1v) is 18.1. The van der Waals surface area contributed by atoms with Crippen molar-refractivity contribution in [3.8, 4) is 0 Å². The molecule has 0 atom stereocenters. The van der Waals surface area contributed by atoms with E-state index in [-0.39, 0.29) is 89.3 Å². The first-order valence-electron chi connectivity index (χ1n) is 17.7. The molecule has 292 valence electrons. The van der Waals surface area contributed by atoms with Crippen molar-refractivity contribution in [2.75, 3.05) is 98.7 Å². The molecule has 2 aliphatic rings. The molecule has 2 rings (SSSR count). The van der Waals surface area contributed by atoms with E-state index in [1.807, 2.05) is 6.92 Å². The van der Waals surface area contributed by atoms with E-state index in [2.05, 4.69) is 5.32 Å². The summed E-state index contributed by atoms with van der Waals surface area (Å²) < 4.78 is 31.4. The Kier molecular flexibility index (Phi) is 22.9. The van der Waals surface area contributed by atoms with Crippen LogP contribution in [-0.2, 0) is 62.0 Å². The Balaban J connectivity index is 1.56. The van der Waals surface area contributed by atoms with Crippen LogP contribution in [0.3, 0.4) is 0 Å². The first kappa shape index (κ1) is 44.3. The van der Waals surface area contributed by atoms with Crippen molar-refractivity contribution < 1.29 is 62.0 Å². The Morgan fingerprint density at radius 2 is 1.40 bits per heavy atom. The zero-order chi connectivity index (χ0) is 38.0. The smallest absolute Gasteiger partial charge is 0.332 e. The highest BCUT2D eigenvalue weighted by Gasteiger charge is 2.25. The normalized spacial score (nSPS) is 14.0. The third-order valence-corrected chi connectivity index (χ3v) is 7.94. The van der Waals surface area contributed by atoms with Crippen LogP contribution in [0.2, 0.25) is 0 Å². The number of unbranched alkanes of at least 4 members (excludes halogenated alkanes) is 1. The van der Waals surface area contributed by atoms with E-state index in [1.165, 1.54) is 12.2 Å². The fourth-order valence-electron chi connectivity index (χ4n) is 4.81. The fourth-order valence-corrected chi connectivity index (χ4v) is 5.15. The number of esters is 3. The number of thiocarbonyl (C=S) groups is 1. The quantitative estimate of drug-likeness (QED) is 0.0360. The minimum Gasteiger partial charge on any atom is -0.466 e. The molecule has 52 heavy (non-hydrogen) atoms. The van der Waals surface area contributed by atoms with Crippen LogP contribution in [0.4, 0.5) is 0 Å². The molecule has 0 aromatic heterocycles. The summed E-state index contributed by atoms with van der Waals surface area (Å²) in [6, 6.07) is 0. The maximum absolute atomic E-state index is 12.9. The number of ether oxygens (including phenoxy) is 6. The summed E-state index contributed by atoms with van der Waals surface area (Å²) in [5, 5.41) is 2.61. The number of nitrogens with zero attached hydrogens (tertiary/aromatic N) is 3. The summed E-state index contributed by atoms with van der Waals surface area (Å²) in [5.41, 5.74) is 0. The second-order valence-corrected chi connectivity index (χ2v) is 12.2. The zero-order valence-corrected chi connectivity index (χ0v) is 30.8. The molecule has 0 aromatic rings. The Morgan fingerprint density at radius 3 is 2.06 bits per heavy atom. The molecule has 1 N–H and O–H groups in total. The number of rotatable bonds is 29. The molecule has 0 spiro atoms. The number of hydrogen-bond donors (Lipinski definition) is 1. The summed E-state index contributed by atoms with van der Waals surface area (Å²) in [6.07, 6.45) is 6.52. The largest absolute Gasteiger partial charge is 0.466 e. The molecule has 0 bridgehead atoms. The molecule has 0 radical (unpaired) electrons. The van der Waals surface area contributed by atoms with Gasteiger partial charge in [-0.3, -0.25) is 38.6 Å². The molecule has 4 amide bonds. The number of amides is 4. The maximum atomic E-state index is 12.9. The van der Waals surface area contributed by atoms with Crippen molar-refractivity contribution in [2.24, 2.45) is 0 Å². The topological polar surface area (TPSA) is 197 Å². The lowest BCUT2D eigenvalue weighted by Crippen LogP contribution is -2.43. The van der Waals surface area contributed by atoms with Gasteiger partial charge in [-0.1, -0.05) is 19.1 Å². The van der Waals surface area contributed by atoms with Crippen molar-refractivity contribution in [3.63, 3.8) is 0 Å². The highest BCUT2D eigenvalue weighted by molar-refractivity contribution is 7.80. The van der Waals surface area contributed by atoms with E-state index < -0.39 is 24.5 Å². The van der Waals surface area contributed by atoms with Crippen LogP contribution in [-0.4, -0.2) is 160 Å². The third kappa shape index (κ3) is 19.7. The van der Waals surface area contributed by atoms with Gasteiger partial charge in [0.05, 0.1) is 38.0 Å². The number of nitrogens with one attached hydrogen (secondary N) is 1. The zero-order valence-electron chi connectivity index (χ0n) is 30.0. The maximum Gasteiger partial charge on any atom is 0.332 e. The number of imide groups is 1. The third-order valence-electron chi connectivity index (χ3n) is 7.52. The molecule has 18 heteroatoms. The van der Waals surface area contributed by atoms with Gasteiger partial charge < -0.3 is 38.6 Å². The highest BCUT2D eigenvalue weighted by atomic mass is 32.1. The summed E-state index contributed by atoms with van der Waals surface area (Å²) in [7, 11) is 0. The number of carbonyl (C=O) groups excluding carboxylic acids is 7. The lowest BCUT2D eigenvalue weighted by Gasteiger charge is -2.24. The van der Waals surface area contributed by atoms with E-state index in [0.29, 0.717) is 70.1 Å². The van der Waals surface area contributed by atoms with Gasteiger partial charge in [-0.05, 0) is 32.1 Å². The monoisotopic (exact) mass is 756 g/mol. The molecule has 17 nitrogen and oxygen atoms in total. The minimum absolute atomic E-state index is 0.00677. The Bertz CT molecular complexity index is 1210. The van der Waals surface area contributed by atoms with Gasteiger partial charge in [0.25, 0.3) is 11.8 Å². The summed E-state index contributed by atoms with van der Waals surface area (Å²) in [5.74, 6) is -2.76.